The average molecular weight is 310 g/mol. The third-order valence-electron chi connectivity index (χ3n) is 4.81. The maximum absolute atomic E-state index is 2.41. The van der Waals surface area contributed by atoms with Crippen LogP contribution in [0.2, 0.25) is 0 Å². The number of benzene rings is 2. The molecule has 1 heteroatoms. The van der Waals surface area contributed by atoms with Crippen LogP contribution >= 0.6 is 7.92 Å². The molecule has 0 bridgehead atoms. The van der Waals surface area contributed by atoms with E-state index in [4.69, 9.17) is 0 Å². The Bertz CT molecular complexity index is 565. The number of rotatable bonds is 4. The second-order valence-corrected chi connectivity index (χ2v) is 9.25. The summed E-state index contributed by atoms with van der Waals surface area (Å²) in [6.45, 7) is 4.55. The Morgan fingerprint density at radius 2 is 1.36 bits per heavy atom. The molecule has 0 spiro atoms. The third kappa shape index (κ3) is 3.61. The highest BCUT2D eigenvalue weighted by molar-refractivity contribution is 7.73. The molecule has 1 fully saturated rings. The molecule has 22 heavy (non-hydrogen) atoms. The van der Waals surface area contributed by atoms with E-state index in [9.17, 15) is 0 Å². The maximum Gasteiger partial charge on any atom is -0.0129 e. The highest BCUT2D eigenvalue weighted by Gasteiger charge is 2.26. The first-order valence-electron chi connectivity index (χ1n) is 8.70. The van der Waals surface area contributed by atoms with Gasteiger partial charge >= 0.3 is 0 Å². The molecule has 0 aliphatic heterocycles. The SMILES string of the molecule is CC(C)c1ccc(P(c2ccccc2)C2CCCCC2)cc1. The first kappa shape index (κ1) is 15.8. The van der Waals surface area contributed by atoms with Gasteiger partial charge in [-0.05, 0) is 48.5 Å². The van der Waals surface area contributed by atoms with Crippen molar-refractivity contribution < 1.29 is 0 Å². The normalized spacial score (nSPS) is 17.6. The van der Waals surface area contributed by atoms with Gasteiger partial charge in [-0.25, -0.2) is 0 Å². The van der Waals surface area contributed by atoms with E-state index in [0.717, 1.165) is 5.66 Å². The zero-order valence-electron chi connectivity index (χ0n) is 13.8. The van der Waals surface area contributed by atoms with Crippen molar-refractivity contribution in [2.75, 3.05) is 0 Å². The molecule has 0 radical (unpaired) electrons. The Morgan fingerprint density at radius 3 is 1.95 bits per heavy atom. The predicted molar refractivity (Wildman–Crippen MR) is 100 cm³/mol. The minimum atomic E-state index is -0.201. The van der Waals surface area contributed by atoms with Crippen LogP contribution in [0.25, 0.3) is 0 Å². The van der Waals surface area contributed by atoms with Crippen LogP contribution < -0.4 is 10.6 Å². The summed E-state index contributed by atoms with van der Waals surface area (Å²) >= 11 is 0. The fourth-order valence-corrected chi connectivity index (χ4v) is 6.50. The minimum Gasteiger partial charge on any atom is -0.0622 e. The van der Waals surface area contributed by atoms with E-state index in [2.05, 4.69) is 68.4 Å². The fourth-order valence-electron chi connectivity index (χ4n) is 3.52. The molecule has 3 rings (SSSR count). The minimum absolute atomic E-state index is 0.201. The van der Waals surface area contributed by atoms with Gasteiger partial charge in [0.2, 0.25) is 0 Å². The second kappa shape index (κ2) is 7.42. The van der Waals surface area contributed by atoms with Crippen molar-refractivity contribution in [3.63, 3.8) is 0 Å². The van der Waals surface area contributed by atoms with E-state index in [1.807, 2.05) is 0 Å². The van der Waals surface area contributed by atoms with Crippen LogP contribution in [0.1, 0.15) is 57.4 Å². The van der Waals surface area contributed by atoms with E-state index in [-0.39, 0.29) is 7.92 Å². The smallest absolute Gasteiger partial charge is 0.0129 e. The average Bonchev–Trinajstić information content (AvgIpc) is 2.57. The summed E-state index contributed by atoms with van der Waals surface area (Å²) < 4.78 is 0. The number of hydrogen-bond acceptors (Lipinski definition) is 0. The lowest BCUT2D eigenvalue weighted by Crippen LogP contribution is -2.23. The zero-order chi connectivity index (χ0) is 15.4. The molecular weight excluding hydrogens is 283 g/mol. The van der Waals surface area contributed by atoms with Gasteiger partial charge in [0.05, 0.1) is 0 Å². The summed E-state index contributed by atoms with van der Waals surface area (Å²) in [5.41, 5.74) is 2.33. The molecule has 1 saturated carbocycles. The maximum atomic E-state index is 2.41. The molecule has 0 aromatic heterocycles. The lowest BCUT2D eigenvalue weighted by molar-refractivity contribution is 0.513. The first-order chi connectivity index (χ1) is 10.8. The van der Waals surface area contributed by atoms with Crippen LogP contribution in [-0.4, -0.2) is 5.66 Å². The van der Waals surface area contributed by atoms with Crippen molar-refractivity contribution in [2.45, 2.75) is 57.5 Å². The Balaban J connectivity index is 1.93. The van der Waals surface area contributed by atoms with Gasteiger partial charge in [-0.1, -0.05) is 87.7 Å². The van der Waals surface area contributed by atoms with Gasteiger partial charge < -0.3 is 0 Å². The summed E-state index contributed by atoms with van der Waals surface area (Å²) in [5, 5.41) is 3.12. The molecular formula is C21H27P. The van der Waals surface area contributed by atoms with Crippen molar-refractivity contribution in [1.82, 2.24) is 0 Å². The molecule has 2 aromatic carbocycles. The summed E-state index contributed by atoms with van der Waals surface area (Å²) in [4.78, 5) is 0. The molecule has 1 aliphatic rings. The molecule has 0 saturated heterocycles. The summed E-state index contributed by atoms with van der Waals surface area (Å²) in [5.74, 6) is 0.617. The van der Waals surface area contributed by atoms with Crippen molar-refractivity contribution in [3.8, 4) is 0 Å². The topological polar surface area (TPSA) is 0 Å². The zero-order valence-corrected chi connectivity index (χ0v) is 14.7. The number of hydrogen-bond donors (Lipinski definition) is 0. The van der Waals surface area contributed by atoms with E-state index >= 15 is 0 Å². The molecule has 0 N–H and O–H groups in total. The Hall–Kier alpha value is -1.13. The van der Waals surface area contributed by atoms with Gasteiger partial charge in [0.1, 0.15) is 0 Å². The fraction of sp³-hybridized carbons (Fsp3) is 0.429. The highest BCUT2D eigenvalue weighted by Crippen LogP contribution is 2.46. The Labute approximate surface area is 136 Å². The van der Waals surface area contributed by atoms with Crippen molar-refractivity contribution in [1.29, 1.82) is 0 Å². The van der Waals surface area contributed by atoms with Gasteiger partial charge in [-0.15, -0.1) is 0 Å². The second-order valence-electron chi connectivity index (χ2n) is 6.74. The summed E-state index contributed by atoms with van der Waals surface area (Å²) in [6.07, 6.45) is 7.08. The molecule has 0 nitrogen and oxygen atoms in total. The predicted octanol–water partition coefficient (Wildman–Crippen LogP) is 5.58. The highest BCUT2D eigenvalue weighted by atomic mass is 31.1. The van der Waals surface area contributed by atoms with Crippen LogP contribution in [0.5, 0.6) is 0 Å². The summed E-state index contributed by atoms with van der Waals surface area (Å²) in [6, 6.07) is 20.7. The van der Waals surface area contributed by atoms with Crippen LogP contribution in [0.15, 0.2) is 54.6 Å². The molecule has 116 valence electrons. The Kier molecular flexibility index (Phi) is 5.32. The van der Waals surface area contributed by atoms with Crippen LogP contribution in [0.3, 0.4) is 0 Å². The largest absolute Gasteiger partial charge is 0.0622 e. The van der Waals surface area contributed by atoms with Gasteiger partial charge in [-0.3, -0.25) is 0 Å². The van der Waals surface area contributed by atoms with Crippen molar-refractivity contribution >= 4 is 18.5 Å². The van der Waals surface area contributed by atoms with Gasteiger partial charge in [0.15, 0.2) is 0 Å². The van der Waals surface area contributed by atoms with E-state index in [1.165, 1.54) is 37.7 Å². The van der Waals surface area contributed by atoms with E-state index in [0.29, 0.717) is 5.92 Å². The quantitative estimate of drug-likeness (QED) is 0.647. The molecule has 2 aromatic rings. The molecule has 1 unspecified atom stereocenters. The molecule has 1 atom stereocenters. The van der Waals surface area contributed by atoms with Gasteiger partial charge in [-0.2, -0.15) is 0 Å². The summed E-state index contributed by atoms with van der Waals surface area (Å²) in [7, 11) is -0.201. The van der Waals surface area contributed by atoms with Gasteiger partial charge in [0.25, 0.3) is 0 Å². The standard InChI is InChI=1S/C21H27P/c1-17(2)18-13-15-21(16-14-18)22(19-9-5-3-6-10-19)20-11-7-4-8-12-20/h3,5-6,9-10,13-17,20H,4,7-8,11-12H2,1-2H3. The van der Waals surface area contributed by atoms with Crippen molar-refractivity contribution in [2.24, 2.45) is 0 Å². The van der Waals surface area contributed by atoms with E-state index in [1.54, 1.807) is 10.6 Å². The van der Waals surface area contributed by atoms with Crippen LogP contribution in [0, 0.1) is 0 Å². The Morgan fingerprint density at radius 1 is 0.773 bits per heavy atom. The lowest BCUT2D eigenvalue weighted by atomic mass is 10.0. The molecule has 0 amide bonds. The van der Waals surface area contributed by atoms with Crippen molar-refractivity contribution in [3.05, 3.63) is 60.2 Å². The van der Waals surface area contributed by atoms with Crippen LogP contribution in [0.4, 0.5) is 0 Å². The lowest BCUT2D eigenvalue weighted by Gasteiger charge is -2.31. The van der Waals surface area contributed by atoms with Crippen LogP contribution in [-0.2, 0) is 0 Å². The van der Waals surface area contributed by atoms with Gasteiger partial charge in [0, 0.05) is 0 Å². The molecule has 1 aliphatic carbocycles. The third-order valence-corrected chi connectivity index (χ3v) is 7.77. The monoisotopic (exact) mass is 310 g/mol. The first-order valence-corrected chi connectivity index (χ1v) is 10.1. The molecule has 0 heterocycles. The van der Waals surface area contributed by atoms with E-state index < -0.39 is 0 Å².